The summed E-state index contributed by atoms with van der Waals surface area (Å²) < 4.78 is 10.7. The number of aromatic amines is 1. The van der Waals surface area contributed by atoms with Crippen LogP contribution in [0.25, 0.3) is 11.3 Å². The van der Waals surface area contributed by atoms with E-state index in [1.165, 1.54) is 0 Å². The van der Waals surface area contributed by atoms with Crippen molar-refractivity contribution in [3.05, 3.63) is 101 Å². The molecular formula is C29H27N3O4. The van der Waals surface area contributed by atoms with Gasteiger partial charge in [0.2, 0.25) is 0 Å². The number of H-pyrrole nitrogens is 1. The van der Waals surface area contributed by atoms with Crippen molar-refractivity contribution < 1.29 is 19.1 Å². The molecule has 182 valence electrons. The van der Waals surface area contributed by atoms with Gasteiger partial charge in [0.15, 0.2) is 0 Å². The number of aromatic nitrogens is 2. The quantitative estimate of drug-likeness (QED) is 0.342. The number of hydrogen-bond acceptors (Lipinski definition) is 5. The van der Waals surface area contributed by atoms with Gasteiger partial charge in [0.05, 0.1) is 30.5 Å². The van der Waals surface area contributed by atoms with E-state index in [2.05, 4.69) is 10.2 Å². The van der Waals surface area contributed by atoms with Crippen molar-refractivity contribution in [1.29, 1.82) is 0 Å². The summed E-state index contributed by atoms with van der Waals surface area (Å²) >= 11 is 0. The Kier molecular flexibility index (Phi) is 6.29. The Hall–Kier alpha value is -4.39. The van der Waals surface area contributed by atoms with Crippen molar-refractivity contribution >= 4 is 17.6 Å². The lowest BCUT2D eigenvalue weighted by Gasteiger charge is -2.27. The lowest BCUT2D eigenvalue weighted by Crippen LogP contribution is -2.29. The molecule has 4 aromatic rings. The molecule has 3 aromatic carbocycles. The molecule has 0 bridgehead atoms. The van der Waals surface area contributed by atoms with Gasteiger partial charge in [-0.2, -0.15) is 5.10 Å². The molecule has 0 radical (unpaired) electrons. The summed E-state index contributed by atoms with van der Waals surface area (Å²) in [5.41, 5.74) is 6.13. The number of anilines is 1. The lowest BCUT2D eigenvalue weighted by atomic mass is 9.95. The fourth-order valence-corrected chi connectivity index (χ4v) is 4.55. The van der Waals surface area contributed by atoms with E-state index in [-0.39, 0.29) is 5.91 Å². The highest BCUT2D eigenvalue weighted by molar-refractivity contribution is 6.12. The molecule has 0 saturated heterocycles. The number of nitrogens with zero attached hydrogens (tertiary/aromatic N) is 2. The summed E-state index contributed by atoms with van der Waals surface area (Å²) in [5, 5.41) is 7.52. The number of rotatable bonds is 7. The van der Waals surface area contributed by atoms with Crippen molar-refractivity contribution in [2.45, 2.75) is 26.8 Å². The van der Waals surface area contributed by atoms with E-state index in [9.17, 15) is 9.59 Å². The number of amides is 1. The minimum Gasteiger partial charge on any atom is -0.494 e. The average Bonchev–Trinajstić information content (AvgIpc) is 3.44. The second-order valence-electron chi connectivity index (χ2n) is 8.57. The normalized spacial score (nSPS) is 14.6. The molecule has 0 spiro atoms. The Bertz CT molecular complexity index is 1390. The third-order valence-corrected chi connectivity index (χ3v) is 6.26. The Morgan fingerprint density at radius 1 is 0.944 bits per heavy atom. The number of hydrogen-bond donors (Lipinski definition) is 1. The minimum atomic E-state index is -0.410. The molecule has 1 unspecified atom stereocenters. The van der Waals surface area contributed by atoms with Gasteiger partial charge < -0.3 is 9.47 Å². The molecule has 0 fully saturated rings. The van der Waals surface area contributed by atoms with Crippen LogP contribution in [0.5, 0.6) is 5.75 Å². The first kappa shape index (κ1) is 23.4. The van der Waals surface area contributed by atoms with E-state index in [1.54, 1.807) is 36.1 Å². The Morgan fingerprint density at radius 3 is 2.28 bits per heavy atom. The molecule has 7 nitrogen and oxygen atoms in total. The molecule has 1 atom stereocenters. The molecule has 2 heterocycles. The zero-order chi connectivity index (χ0) is 25.2. The van der Waals surface area contributed by atoms with E-state index in [4.69, 9.17) is 9.47 Å². The minimum absolute atomic E-state index is 0.182. The molecule has 1 N–H and O–H groups in total. The molecule has 1 aliphatic heterocycles. The van der Waals surface area contributed by atoms with Crippen LogP contribution in [0.1, 0.15) is 57.4 Å². The molecule has 0 saturated carbocycles. The maximum atomic E-state index is 13.7. The van der Waals surface area contributed by atoms with Crippen LogP contribution in [-0.2, 0) is 4.74 Å². The third kappa shape index (κ3) is 4.13. The molecule has 0 aliphatic carbocycles. The van der Waals surface area contributed by atoms with Gasteiger partial charge in [-0.1, -0.05) is 42.0 Å². The predicted octanol–water partition coefficient (Wildman–Crippen LogP) is 5.71. The first-order valence-electron chi connectivity index (χ1n) is 12.0. The monoisotopic (exact) mass is 481 g/mol. The van der Waals surface area contributed by atoms with Crippen LogP contribution in [-0.4, -0.2) is 35.3 Å². The summed E-state index contributed by atoms with van der Waals surface area (Å²) in [5.74, 6) is 0.191. The summed E-state index contributed by atoms with van der Waals surface area (Å²) in [6, 6.07) is 22.4. The topological polar surface area (TPSA) is 84.5 Å². The maximum Gasteiger partial charge on any atom is 0.338 e. The van der Waals surface area contributed by atoms with Gasteiger partial charge >= 0.3 is 5.97 Å². The van der Waals surface area contributed by atoms with Crippen LogP contribution in [0.2, 0.25) is 0 Å². The number of ether oxygens (including phenoxy) is 2. The smallest absolute Gasteiger partial charge is 0.338 e. The molecule has 5 rings (SSSR count). The van der Waals surface area contributed by atoms with Crippen LogP contribution in [0.4, 0.5) is 5.69 Å². The zero-order valence-electron chi connectivity index (χ0n) is 20.4. The maximum absolute atomic E-state index is 13.7. The SMILES string of the molecule is CCOC(=O)c1ccc(N2C(=O)c3[nH]nc(-c4ccc(C)cc4)c3C2c2ccc(OCC)cc2)cc1. The summed E-state index contributed by atoms with van der Waals surface area (Å²) in [4.78, 5) is 27.6. The molecule has 7 heteroatoms. The molecule has 1 amide bonds. The van der Waals surface area contributed by atoms with Crippen molar-refractivity contribution in [1.82, 2.24) is 10.2 Å². The number of carbonyl (C=O) groups excluding carboxylic acids is 2. The Balaban J connectivity index is 1.61. The van der Waals surface area contributed by atoms with Crippen LogP contribution in [0.15, 0.2) is 72.8 Å². The molecule has 1 aliphatic rings. The highest BCUT2D eigenvalue weighted by atomic mass is 16.5. The summed E-state index contributed by atoms with van der Waals surface area (Å²) in [7, 11) is 0. The molecule has 36 heavy (non-hydrogen) atoms. The van der Waals surface area contributed by atoms with E-state index >= 15 is 0 Å². The average molecular weight is 482 g/mol. The fraction of sp³-hybridized carbons (Fsp3) is 0.207. The van der Waals surface area contributed by atoms with Crippen LogP contribution < -0.4 is 9.64 Å². The standard InChI is InChI=1S/C29H27N3O4/c1-4-35-23-16-12-20(13-17-23)27-24-25(19-8-6-18(3)7-9-19)30-31-26(24)28(33)32(27)22-14-10-21(11-15-22)29(34)36-5-2/h6-17,27H,4-5H2,1-3H3,(H,30,31). The van der Waals surface area contributed by atoms with Gasteiger partial charge in [0.25, 0.3) is 5.91 Å². The Labute approximate surface area is 209 Å². The zero-order valence-corrected chi connectivity index (χ0v) is 20.4. The van der Waals surface area contributed by atoms with Crippen molar-refractivity contribution in [3.8, 4) is 17.0 Å². The van der Waals surface area contributed by atoms with Gasteiger partial charge in [-0.05, 0) is 62.7 Å². The van der Waals surface area contributed by atoms with E-state index in [0.29, 0.717) is 30.2 Å². The van der Waals surface area contributed by atoms with E-state index < -0.39 is 12.0 Å². The first-order chi connectivity index (χ1) is 17.5. The van der Waals surface area contributed by atoms with Gasteiger partial charge in [-0.3, -0.25) is 14.8 Å². The number of carbonyl (C=O) groups is 2. The van der Waals surface area contributed by atoms with Crippen molar-refractivity contribution in [2.75, 3.05) is 18.1 Å². The summed E-state index contributed by atoms with van der Waals surface area (Å²) in [6.45, 7) is 6.62. The van der Waals surface area contributed by atoms with Gasteiger partial charge in [-0.25, -0.2) is 4.79 Å². The number of fused-ring (bicyclic) bond motifs is 1. The second kappa shape index (κ2) is 9.70. The predicted molar refractivity (Wildman–Crippen MR) is 137 cm³/mol. The third-order valence-electron chi connectivity index (χ3n) is 6.26. The van der Waals surface area contributed by atoms with Crippen LogP contribution >= 0.6 is 0 Å². The van der Waals surface area contributed by atoms with Crippen LogP contribution in [0, 0.1) is 6.92 Å². The van der Waals surface area contributed by atoms with Crippen molar-refractivity contribution in [2.24, 2.45) is 0 Å². The number of aryl methyl sites for hydroxylation is 1. The summed E-state index contributed by atoms with van der Waals surface area (Å²) in [6.07, 6.45) is 0. The lowest BCUT2D eigenvalue weighted by molar-refractivity contribution is 0.0526. The molecule has 1 aromatic heterocycles. The highest BCUT2D eigenvalue weighted by Gasteiger charge is 2.43. The van der Waals surface area contributed by atoms with Gasteiger partial charge in [-0.15, -0.1) is 0 Å². The van der Waals surface area contributed by atoms with E-state index in [0.717, 1.165) is 33.7 Å². The van der Waals surface area contributed by atoms with Crippen molar-refractivity contribution in [3.63, 3.8) is 0 Å². The number of benzene rings is 3. The first-order valence-corrected chi connectivity index (χ1v) is 12.0. The van der Waals surface area contributed by atoms with Gasteiger partial charge in [0.1, 0.15) is 11.4 Å². The number of esters is 1. The molecular weight excluding hydrogens is 454 g/mol. The Morgan fingerprint density at radius 2 is 1.64 bits per heavy atom. The van der Waals surface area contributed by atoms with E-state index in [1.807, 2.05) is 62.4 Å². The largest absolute Gasteiger partial charge is 0.494 e. The second-order valence-corrected chi connectivity index (χ2v) is 8.57. The van der Waals surface area contributed by atoms with Crippen LogP contribution in [0.3, 0.4) is 0 Å². The number of nitrogens with one attached hydrogen (secondary N) is 1. The van der Waals surface area contributed by atoms with Gasteiger partial charge in [0, 0.05) is 16.8 Å². The fourth-order valence-electron chi connectivity index (χ4n) is 4.55. The highest BCUT2D eigenvalue weighted by Crippen LogP contribution is 2.45.